The van der Waals surface area contributed by atoms with Crippen LogP contribution in [0.4, 0.5) is 0 Å². The lowest BCUT2D eigenvalue weighted by Gasteiger charge is -2.11. The van der Waals surface area contributed by atoms with Gasteiger partial charge in [-0.25, -0.2) is 4.98 Å². The Morgan fingerprint density at radius 3 is 2.67 bits per heavy atom. The molecule has 1 fully saturated rings. The second-order valence-electron chi connectivity index (χ2n) is 5.38. The Labute approximate surface area is 123 Å². The number of nitrogen functional groups attached to an aromatic ring is 1. The Morgan fingerprint density at radius 1 is 1.33 bits per heavy atom. The third-order valence-electron chi connectivity index (χ3n) is 3.53. The van der Waals surface area contributed by atoms with Crippen LogP contribution in [0.5, 0.6) is 5.88 Å². The summed E-state index contributed by atoms with van der Waals surface area (Å²) in [6.45, 7) is 2.57. The van der Waals surface area contributed by atoms with Crippen molar-refractivity contribution in [2.45, 2.75) is 19.8 Å². The van der Waals surface area contributed by atoms with Gasteiger partial charge in [0.1, 0.15) is 11.7 Å². The lowest BCUT2D eigenvalue weighted by atomic mass is 10.1. The minimum Gasteiger partial charge on any atom is -0.477 e. The van der Waals surface area contributed by atoms with Crippen LogP contribution in [0.3, 0.4) is 0 Å². The van der Waals surface area contributed by atoms with E-state index >= 15 is 0 Å². The highest BCUT2D eigenvalue weighted by Gasteiger charge is 2.23. The predicted octanol–water partition coefficient (Wildman–Crippen LogP) is 2.52. The van der Waals surface area contributed by atoms with E-state index in [1.54, 1.807) is 6.20 Å². The van der Waals surface area contributed by atoms with Crippen molar-refractivity contribution in [2.75, 3.05) is 6.61 Å². The third kappa shape index (κ3) is 3.18. The zero-order valence-corrected chi connectivity index (χ0v) is 12.0. The summed E-state index contributed by atoms with van der Waals surface area (Å²) in [7, 11) is 0. The monoisotopic (exact) mass is 282 g/mol. The fraction of sp³-hybridized carbons (Fsp3) is 0.312. The Hall–Kier alpha value is -2.43. The van der Waals surface area contributed by atoms with Gasteiger partial charge in [0.15, 0.2) is 0 Å². The fourth-order valence-electron chi connectivity index (χ4n) is 2.07. The van der Waals surface area contributed by atoms with Gasteiger partial charge in [-0.05, 0) is 31.2 Å². The van der Waals surface area contributed by atoms with Crippen molar-refractivity contribution in [1.29, 1.82) is 5.41 Å². The maximum atomic E-state index is 7.43. The summed E-state index contributed by atoms with van der Waals surface area (Å²) in [6.07, 6.45) is 4.27. The topological polar surface area (TPSA) is 84.9 Å². The van der Waals surface area contributed by atoms with E-state index in [0.29, 0.717) is 23.2 Å². The van der Waals surface area contributed by atoms with Crippen molar-refractivity contribution in [3.63, 3.8) is 0 Å². The molecule has 1 aromatic carbocycles. The molecule has 5 heteroatoms. The van der Waals surface area contributed by atoms with E-state index in [9.17, 15) is 0 Å². The SMILES string of the molecule is Cc1ncc(-c2ccc(C(=N)N)cc2)c(OCC2CC2)n1. The molecule has 5 nitrogen and oxygen atoms in total. The van der Waals surface area contributed by atoms with E-state index < -0.39 is 0 Å². The Balaban J connectivity index is 1.90. The standard InChI is InChI=1S/C16H18N4O/c1-10-19-8-14(16(20-10)21-9-11-2-3-11)12-4-6-13(7-5-12)15(17)18/h4-8,11H,2-3,9H2,1H3,(H3,17,18). The smallest absolute Gasteiger partial charge is 0.224 e. The number of rotatable bonds is 5. The molecule has 108 valence electrons. The Bertz CT molecular complexity index is 662. The number of nitrogens with two attached hydrogens (primary N) is 1. The second kappa shape index (κ2) is 5.52. The average Bonchev–Trinajstić information content (AvgIpc) is 3.29. The third-order valence-corrected chi connectivity index (χ3v) is 3.53. The molecule has 0 unspecified atom stereocenters. The molecule has 0 aliphatic heterocycles. The molecule has 0 amide bonds. The van der Waals surface area contributed by atoms with Gasteiger partial charge in [-0.3, -0.25) is 5.41 Å². The number of hydrogen-bond acceptors (Lipinski definition) is 4. The maximum absolute atomic E-state index is 7.43. The van der Waals surface area contributed by atoms with Crippen molar-refractivity contribution >= 4 is 5.84 Å². The van der Waals surface area contributed by atoms with Crippen molar-refractivity contribution in [3.8, 4) is 17.0 Å². The summed E-state index contributed by atoms with van der Waals surface area (Å²) in [5.74, 6) is 2.06. The Morgan fingerprint density at radius 2 is 2.05 bits per heavy atom. The molecule has 1 saturated carbocycles. The molecule has 0 bridgehead atoms. The number of aryl methyl sites for hydroxylation is 1. The van der Waals surface area contributed by atoms with Crippen LogP contribution < -0.4 is 10.5 Å². The molecule has 0 radical (unpaired) electrons. The highest BCUT2D eigenvalue weighted by molar-refractivity contribution is 5.95. The molecule has 3 N–H and O–H groups in total. The van der Waals surface area contributed by atoms with Gasteiger partial charge in [0.25, 0.3) is 0 Å². The van der Waals surface area contributed by atoms with Gasteiger partial charge < -0.3 is 10.5 Å². The van der Waals surface area contributed by atoms with Crippen LogP contribution >= 0.6 is 0 Å². The highest BCUT2D eigenvalue weighted by atomic mass is 16.5. The van der Waals surface area contributed by atoms with Crippen LogP contribution in [0.1, 0.15) is 24.2 Å². The van der Waals surface area contributed by atoms with E-state index in [2.05, 4.69) is 9.97 Å². The van der Waals surface area contributed by atoms with Crippen LogP contribution in [0.15, 0.2) is 30.5 Å². The van der Waals surface area contributed by atoms with Gasteiger partial charge in [-0.1, -0.05) is 24.3 Å². The van der Waals surface area contributed by atoms with Crippen LogP contribution in [0.25, 0.3) is 11.1 Å². The zero-order chi connectivity index (χ0) is 14.8. The number of hydrogen-bond donors (Lipinski definition) is 2. The normalized spacial score (nSPS) is 14.0. The lowest BCUT2D eigenvalue weighted by Crippen LogP contribution is -2.10. The predicted molar refractivity (Wildman–Crippen MR) is 81.4 cm³/mol. The lowest BCUT2D eigenvalue weighted by molar-refractivity contribution is 0.288. The van der Waals surface area contributed by atoms with Crippen molar-refractivity contribution in [1.82, 2.24) is 9.97 Å². The average molecular weight is 282 g/mol. The van der Waals surface area contributed by atoms with Crippen molar-refractivity contribution < 1.29 is 4.74 Å². The van der Waals surface area contributed by atoms with Gasteiger partial charge in [-0.15, -0.1) is 0 Å². The molecular formula is C16H18N4O. The van der Waals surface area contributed by atoms with E-state index in [1.165, 1.54) is 12.8 Å². The van der Waals surface area contributed by atoms with E-state index in [4.69, 9.17) is 15.9 Å². The molecule has 1 heterocycles. The largest absolute Gasteiger partial charge is 0.477 e. The number of aromatic nitrogens is 2. The summed E-state index contributed by atoms with van der Waals surface area (Å²) in [6, 6.07) is 7.47. The van der Waals surface area contributed by atoms with E-state index in [-0.39, 0.29) is 5.84 Å². The fourth-order valence-corrected chi connectivity index (χ4v) is 2.07. The second-order valence-corrected chi connectivity index (χ2v) is 5.38. The molecule has 3 rings (SSSR count). The molecule has 0 atom stereocenters. The molecule has 1 aliphatic carbocycles. The summed E-state index contributed by atoms with van der Waals surface area (Å²) in [5.41, 5.74) is 8.01. The van der Waals surface area contributed by atoms with Gasteiger partial charge in [0.05, 0.1) is 12.2 Å². The van der Waals surface area contributed by atoms with Gasteiger partial charge in [0.2, 0.25) is 5.88 Å². The zero-order valence-electron chi connectivity index (χ0n) is 12.0. The summed E-state index contributed by atoms with van der Waals surface area (Å²) >= 11 is 0. The number of benzene rings is 1. The maximum Gasteiger partial charge on any atom is 0.224 e. The first-order chi connectivity index (χ1) is 10.1. The van der Waals surface area contributed by atoms with E-state index in [1.807, 2.05) is 31.2 Å². The first-order valence-electron chi connectivity index (χ1n) is 7.05. The molecule has 0 spiro atoms. The number of nitrogens with one attached hydrogen (secondary N) is 1. The molecular weight excluding hydrogens is 264 g/mol. The number of ether oxygens (including phenoxy) is 1. The molecule has 2 aromatic rings. The van der Waals surface area contributed by atoms with E-state index in [0.717, 1.165) is 17.7 Å². The number of nitrogens with zero attached hydrogens (tertiary/aromatic N) is 2. The summed E-state index contributed by atoms with van der Waals surface area (Å²) in [4.78, 5) is 8.66. The molecule has 1 aromatic heterocycles. The first kappa shape index (κ1) is 13.5. The highest BCUT2D eigenvalue weighted by Crippen LogP contribution is 2.32. The van der Waals surface area contributed by atoms with Crippen molar-refractivity contribution in [3.05, 3.63) is 41.9 Å². The van der Waals surface area contributed by atoms with Gasteiger partial charge >= 0.3 is 0 Å². The van der Waals surface area contributed by atoms with Gasteiger partial charge in [0, 0.05) is 11.8 Å². The quantitative estimate of drug-likeness (QED) is 0.652. The first-order valence-corrected chi connectivity index (χ1v) is 7.05. The Kier molecular flexibility index (Phi) is 3.56. The van der Waals surface area contributed by atoms with Crippen LogP contribution in [0.2, 0.25) is 0 Å². The van der Waals surface area contributed by atoms with Crippen LogP contribution in [-0.4, -0.2) is 22.4 Å². The summed E-state index contributed by atoms with van der Waals surface area (Å²) in [5, 5.41) is 7.43. The van der Waals surface area contributed by atoms with Crippen LogP contribution in [0, 0.1) is 18.3 Å². The summed E-state index contributed by atoms with van der Waals surface area (Å²) < 4.78 is 5.86. The molecule has 1 aliphatic rings. The minimum atomic E-state index is 0.0620. The van der Waals surface area contributed by atoms with Gasteiger partial charge in [-0.2, -0.15) is 4.98 Å². The van der Waals surface area contributed by atoms with Crippen molar-refractivity contribution in [2.24, 2.45) is 11.7 Å². The minimum absolute atomic E-state index is 0.0620. The molecule has 0 saturated heterocycles. The van der Waals surface area contributed by atoms with Crippen LogP contribution in [-0.2, 0) is 0 Å². The molecule has 21 heavy (non-hydrogen) atoms. The number of amidine groups is 1.